The van der Waals surface area contributed by atoms with Crippen LogP contribution in [0.2, 0.25) is 0 Å². The minimum Gasteiger partial charge on any atom is -0.497 e. The summed E-state index contributed by atoms with van der Waals surface area (Å²) in [5.41, 5.74) is 5.72. The number of amides is 1. The topological polar surface area (TPSA) is 60.0 Å². The Morgan fingerprint density at radius 1 is 0.789 bits per heavy atom. The molecule has 38 heavy (non-hydrogen) atoms. The summed E-state index contributed by atoms with van der Waals surface area (Å²) in [6.07, 6.45) is 0.335. The second kappa shape index (κ2) is 14.8. The van der Waals surface area contributed by atoms with E-state index in [1.165, 1.54) is 11.1 Å². The van der Waals surface area contributed by atoms with Gasteiger partial charge in [-0.25, -0.2) is 4.79 Å². The van der Waals surface area contributed by atoms with E-state index in [1.807, 2.05) is 55.5 Å². The lowest BCUT2D eigenvalue weighted by Crippen LogP contribution is -2.27. The summed E-state index contributed by atoms with van der Waals surface area (Å²) in [7, 11) is 1.68. The average Bonchev–Trinajstić information content (AvgIpc) is 2.93. The van der Waals surface area contributed by atoms with E-state index in [1.54, 1.807) is 7.11 Å². The van der Waals surface area contributed by atoms with E-state index < -0.39 is 6.09 Å². The second-order valence-corrected chi connectivity index (χ2v) is 9.02. The third-order valence-corrected chi connectivity index (χ3v) is 6.44. The number of hydrogen-bond acceptors (Lipinski definition) is 5. The van der Waals surface area contributed by atoms with Crippen molar-refractivity contribution in [3.63, 3.8) is 0 Å². The maximum atomic E-state index is 11.8. The van der Waals surface area contributed by atoms with E-state index in [0.29, 0.717) is 18.9 Å². The molecule has 6 heteroatoms. The lowest BCUT2D eigenvalue weighted by atomic mass is 9.90. The van der Waals surface area contributed by atoms with Gasteiger partial charge in [-0.15, -0.1) is 0 Å². The molecule has 0 radical (unpaired) electrons. The largest absolute Gasteiger partial charge is 0.497 e. The molecule has 3 rings (SSSR count). The summed E-state index contributed by atoms with van der Waals surface area (Å²) in [5.74, 6) is 2.21. The summed E-state index contributed by atoms with van der Waals surface area (Å²) in [4.78, 5) is 14.2. The quantitative estimate of drug-likeness (QED) is 0.278. The number of allylic oxidation sites excluding steroid dienone is 1. The van der Waals surface area contributed by atoms with E-state index in [-0.39, 0.29) is 0 Å². The Bertz CT molecular complexity index is 1170. The van der Waals surface area contributed by atoms with Gasteiger partial charge in [-0.2, -0.15) is 0 Å². The summed E-state index contributed by atoms with van der Waals surface area (Å²) in [6.45, 7) is 12.5. The van der Waals surface area contributed by atoms with Crippen LogP contribution < -0.4 is 19.5 Å². The van der Waals surface area contributed by atoms with Gasteiger partial charge in [-0.1, -0.05) is 55.8 Å². The zero-order chi connectivity index (χ0) is 27.3. The smallest absolute Gasteiger partial charge is 0.412 e. The number of carbonyl (C=O) groups is 1. The SMILES string of the molecule is CCNC(=O)Oc1ccc(/C(=C(/C)Cc2ccc(OC)cc2)c2ccc(OCCN(CC)CC)cc2)cc1. The number of rotatable bonds is 13. The summed E-state index contributed by atoms with van der Waals surface area (Å²) in [5, 5.41) is 2.65. The van der Waals surface area contributed by atoms with Crippen LogP contribution in [0, 0.1) is 0 Å². The first-order valence-corrected chi connectivity index (χ1v) is 13.3. The van der Waals surface area contributed by atoms with Gasteiger partial charge in [0.15, 0.2) is 0 Å². The minimum absolute atomic E-state index is 0.455. The Hall–Kier alpha value is -3.77. The highest BCUT2D eigenvalue weighted by atomic mass is 16.6. The van der Waals surface area contributed by atoms with Crippen molar-refractivity contribution in [3.8, 4) is 17.2 Å². The van der Waals surface area contributed by atoms with Gasteiger partial charge in [0.2, 0.25) is 0 Å². The number of nitrogens with zero attached hydrogens (tertiary/aromatic N) is 1. The molecule has 0 aromatic heterocycles. The van der Waals surface area contributed by atoms with Crippen molar-refractivity contribution in [3.05, 3.63) is 95.1 Å². The van der Waals surface area contributed by atoms with Crippen LogP contribution in [-0.2, 0) is 6.42 Å². The Balaban J connectivity index is 1.86. The Morgan fingerprint density at radius 3 is 1.87 bits per heavy atom. The fourth-order valence-electron chi connectivity index (χ4n) is 4.32. The van der Waals surface area contributed by atoms with Crippen molar-refractivity contribution >= 4 is 11.7 Å². The molecular weight excluding hydrogens is 476 g/mol. The molecule has 0 saturated heterocycles. The van der Waals surface area contributed by atoms with Crippen molar-refractivity contribution in [2.75, 3.05) is 39.9 Å². The molecule has 0 heterocycles. The molecular formula is C32H40N2O4. The molecule has 3 aromatic rings. The number of hydrogen-bond donors (Lipinski definition) is 1. The number of nitrogens with one attached hydrogen (secondary N) is 1. The fraction of sp³-hybridized carbons (Fsp3) is 0.344. The molecule has 0 fully saturated rings. The monoisotopic (exact) mass is 516 g/mol. The highest BCUT2D eigenvalue weighted by molar-refractivity contribution is 5.82. The number of carbonyl (C=O) groups excluding carboxylic acids is 1. The third kappa shape index (κ3) is 8.38. The third-order valence-electron chi connectivity index (χ3n) is 6.44. The van der Waals surface area contributed by atoms with Gasteiger partial charge in [0.1, 0.15) is 23.9 Å². The fourth-order valence-corrected chi connectivity index (χ4v) is 4.32. The molecule has 1 amide bonds. The first-order chi connectivity index (χ1) is 18.5. The minimum atomic E-state index is -0.455. The van der Waals surface area contributed by atoms with Gasteiger partial charge in [0.05, 0.1) is 7.11 Å². The lowest BCUT2D eigenvalue weighted by molar-refractivity contribution is 0.201. The van der Waals surface area contributed by atoms with E-state index >= 15 is 0 Å². The van der Waals surface area contributed by atoms with Crippen LogP contribution in [0.4, 0.5) is 4.79 Å². The van der Waals surface area contributed by atoms with Crippen LogP contribution >= 0.6 is 0 Å². The van der Waals surface area contributed by atoms with Crippen LogP contribution in [0.25, 0.3) is 5.57 Å². The average molecular weight is 517 g/mol. The summed E-state index contributed by atoms with van der Waals surface area (Å²) < 4.78 is 16.7. The molecule has 0 unspecified atom stereocenters. The Morgan fingerprint density at radius 2 is 1.34 bits per heavy atom. The highest BCUT2D eigenvalue weighted by Crippen LogP contribution is 2.31. The van der Waals surface area contributed by atoms with E-state index in [0.717, 1.165) is 54.3 Å². The van der Waals surface area contributed by atoms with E-state index in [4.69, 9.17) is 14.2 Å². The lowest BCUT2D eigenvalue weighted by Gasteiger charge is -2.18. The van der Waals surface area contributed by atoms with Crippen molar-refractivity contribution in [2.45, 2.75) is 34.1 Å². The molecule has 1 N–H and O–H groups in total. The van der Waals surface area contributed by atoms with Crippen LogP contribution in [0.15, 0.2) is 78.4 Å². The van der Waals surface area contributed by atoms with Gasteiger partial charge in [0.25, 0.3) is 0 Å². The first kappa shape index (κ1) is 28.8. The van der Waals surface area contributed by atoms with Crippen molar-refractivity contribution < 1.29 is 19.0 Å². The zero-order valence-electron chi connectivity index (χ0n) is 23.3. The van der Waals surface area contributed by atoms with E-state index in [9.17, 15) is 4.79 Å². The summed E-state index contributed by atoms with van der Waals surface area (Å²) in [6, 6.07) is 24.1. The Kier molecular flexibility index (Phi) is 11.2. The molecule has 0 spiro atoms. The summed E-state index contributed by atoms with van der Waals surface area (Å²) >= 11 is 0. The van der Waals surface area contributed by atoms with Crippen molar-refractivity contribution in [2.24, 2.45) is 0 Å². The van der Waals surface area contributed by atoms with E-state index in [2.05, 4.69) is 55.3 Å². The van der Waals surface area contributed by atoms with Crippen LogP contribution in [-0.4, -0.2) is 50.9 Å². The number of likely N-dealkylation sites (N-methyl/N-ethyl adjacent to an activating group) is 1. The normalized spacial score (nSPS) is 11.6. The second-order valence-electron chi connectivity index (χ2n) is 9.02. The maximum Gasteiger partial charge on any atom is 0.412 e. The van der Waals surface area contributed by atoms with Gasteiger partial charge >= 0.3 is 6.09 Å². The van der Waals surface area contributed by atoms with Crippen LogP contribution in [0.5, 0.6) is 17.2 Å². The predicted octanol–water partition coefficient (Wildman–Crippen LogP) is 6.59. The number of ether oxygens (including phenoxy) is 3. The van der Waals surface area contributed by atoms with Gasteiger partial charge in [-0.05, 0) is 92.0 Å². The predicted molar refractivity (Wildman–Crippen MR) is 154 cm³/mol. The standard InChI is InChI=1S/C32H40N2O4/c1-6-33-32(35)38-30-19-13-27(14-20-30)31(24(4)23-25-9-15-28(36-5)16-10-25)26-11-17-29(18-12-26)37-22-21-34(7-2)8-3/h9-20H,6-8,21-23H2,1-5H3,(H,33,35)/b31-24-. The van der Waals surface area contributed by atoms with Crippen molar-refractivity contribution in [1.82, 2.24) is 10.2 Å². The zero-order valence-corrected chi connectivity index (χ0v) is 23.3. The molecule has 0 aliphatic carbocycles. The molecule has 0 aliphatic heterocycles. The highest BCUT2D eigenvalue weighted by Gasteiger charge is 2.12. The number of benzene rings is 3. The van der Waals surface area contributed by atoms with Crippen LogP contribution in [0.1, 0.15) is 44.4 Å². The molecule has 0 aliphatic rings. The molecule has 0 bridgehead atoms. The van der Waals surface area contributed by atoms with Gasteiger partial charge in [-0.3, -0.25) is 0 Å². The van der Waals surface area contributed by atoms with Gasteiger partial charge in [0, 0.05) is 13.1 Å². The molecule has 0 saturated carbocycles. The van der Waals surface area contributed by atoms with Gasteiger partial charge < -0.3 is 24.4 Å². The number of methoxy groups -OCH3 is 1. The molecule has 202 valence electrons. The molecule has 6 nitrogen and oxygen atoms in total. The Labute approximate surface area is 227 Å². The maximum absolute atomic E-state index is 11.8. The van der Waals surface area contributed by atoms with Crippen molar-refractivity contribution in [1.29, 1.82) is 0 Å². The first-order valence-electron chi connectivity index (χ1n) is 13.3. The van der Waals surface area contributed by atoms with Crippen LogP contribution in [0.3, 0.4) is 0 Å². The molecule has 3 aromatic carbocycles. The molecule has 0 atom stereocenters.